The van der Waals surface area contributed by atoms with Crippen molar-refractivity contribution in [3.05, 3.63) is 64.7 Å². The molecule has 3 rings (SSSR count). The molecular weight excluding hydrogens is 487 g/mol. The highest BCUT2D eigenvalue weighted by atomic mass is 127. The van der Waals surface area contributed by atoms with E-state index in [1.807, 2.05) is 41.3 Å². The van der Waals surface area contributed by atoms with Gasteiger partial charge in [0.25, 0.3) is 0 Å². The van der Waals surface area contributed by atoms with Gasteiger partial charge in [-0.05, 0) is 48.2 Å². The summed E-state index contributed by atoms with van der Waals surface area (Å²) in [4.78, 5) is 18.2. The Bertz CT molecular complexity index is 793. The number of nitrogens with one attached hydrogen (secondary N) is 2. The van der Waals surface area contributed by atoms with Gasteiger partial charge in [-0.2, -0.15) is 0 Å². The molecule has 1 fully saturated rings. The predicted octanol–water partition coefficient (Wildman–Crippen LogP) is 4.34. The topological polar surface area (TPSA) is 56.7 Å². The lowest BCUT2D eigenvalue weighted by Crippen LogP contribution is -2.36. The van der Waals surface area contributed by atoms with E-state index in [1.165, 1.54) is 0 Å². The molecule has 150 valence electrons. The molecule has 7 heteroatoms. The summed E-state index contributed by atoms with van der Waals surface area (Å²) < 4.78 is 0. The maximum atomic E-state index is 12.0. The van der Waals surface area contributed by atoms with Crippen LogP contribution >= 0.6 is 35.6 Å². The molecule has 1 heterocycles. The van der Waals surface area contributed by atoms with Crippen molar-refractivity contribution in [2.45, 2.75) is 32.4 Å². The number of hydrogen-bond acceptors (Lipinski definition) is 2. The Labute approximate surface area is 188 Å². The Morgan fingerprint density at radius 3 is 2.11 bits per heavy atom. The van der Waals surface area contributed by atoms with Crippen LogP contribution in [-0.4, -0.2) is 25.5 Å². The molecule has 0 bridgehead atoms. The number of hydrogen-bond donors (Lipinski definition) is 2. The van der Waals surface area contributed by atoms with E-state index >= 15 is 0 Å². The maximum Gasteiger partial charge on any atom is 0.226 e. The first-order valence-electron chi connectivity index (χ1n) is 9.24. The number of amides is 1. The van der Waals surface area contributed by atoms with Crippen LogP contribution in [0.3, 0.4) is 0 Å². The van der Waals surface area contributed by atoms with Gasteiger partial charge >= 0.3 is 0 Å². The third-order valence-corrected chi connectivity index (χ3v) is 4.88. The minimum Gasteiger partial charge on any atom is -0.352 e. The molecular formula is C21H26ClIN4O. The first kappa shape index (κ1) is 22.5. The van der Waals surface area contributed by atoms with Crippen molar-refractivity contribution in [1.29, 1.82) is 0 Å². The van der Waals surface area contributed by atoms with E-state index in [4.69, 9.17) is 11.6 Å². The number of rotatable bonds is 5. The van der Waals surface area contributed by atoms with Gasteiger partial charge in [-0.25, -0.2) is 0 Å². The summed E-state index contributed by atoms with van der Waals surface area (Å²) in [5.41, 5.74) is 3.25. The van der Waals surface area contributed by atoms with E-state index in [1.54, 1.807) is 7.05 Å². The van der Waals surface area contributed by atoms with Crippen molar-refractivity contribution in [2.75, 3.05) is 18.5 Å². The third kappa shape index (κ3) is 6.38. The van der Waals surface area contributed by atoms with Gasteiger partial charge in [-0.15, -0.1) is 24.0 Å². The maximum absolute atomic E-state index is 12.0. The molecule has 1 saturated heterocycles. The molecule has 0 atom stereocenters. The Morgan fingerprint density at radius 2 is 1.57 bits per heavy atom. The normalized spacial score (nSPS) is 14.4. The van der Waals surface area contributed by atoms with Crippen LogP contribution in [-0.2, 0) is 17.9 Å². The van der Waals surface area contributed by atoms with Crippen molar-refractivity contribution in [3.8, 4) is 0 Å². The molecule has 0 aromatic heterocycles. The zero-order valence-electron chi connectivity index (χ0n) is 16.0. The summed E-state index contributed by atoms with van der Waals surface area (Å²) in [5, 5.41) is 7.33. The number of piperidine rings is 1. The second-order valence-corrected chi connectivity index (χ2v) is 7.01. The lowest BCUT2D eigenvalue weighted by atomic mass is 10.1. The van der Waals surface area contributed by atoms with Gasteiger partial charge < -0.3 is 15.5 Å². The molecule has 0 unspecified atom stereocenters. The van der Waals surface area contributed by atoms with E-state index in [9.17, 15) is 4.79 Å². The fourth-order valence-corrected chi connectivity index (χ4v) is 3.19. The summed E-state index contributed by atoms with van der Waals surface area (Å²) in [6, 6.07) is 15.9. The van der Waals surface area contributed by atoms with Crippen LogP contribution in [0.15, 0.2) is 53.5 Å². The molecule has 28 heavy (non-hydrogen) atoms. The molecule has 2 N–H and O–H groups in total. The number of carbonyl (C=O) groups excluding carboxylic acids is 1. The second kappa shape index (κ2) is 11.3. The molecule has 0 radical (unpaired) electrons. The van der Waals surface area contributed by atoms with Crippen molar-refractivity contribution in [2.24, 2.45) is 4.99 Å². The SMILES string of the molecule is CN=C(NCc1ccc(Cl)cc1)NCc1ccc(N2CCCCC2=O)cc1.I. The van der Waals surface area contributed by atoms with Crippen LogP contribution in [0.25, 0.3) is 0 Å². The smallest absolute Gasteiger partial charge is 0.226 e. The number of carbonyl (C=O) groups is 1. The zero-order valence-corrected chi connectivity index (χ0v) is 19.0. The highest BCUT2D eigenvalue weighted by Crippen LogP contribution is 2.21. The van der Waals surface area contributed by atoms with Crippen molar-refractivity contribution < 1.29 is 4.79 Å². The molecule has 0 aliphatic carbocycles. The number of anilines is 1. The van der Waals surface area contributed by atoms with Gasteiger partial charge in [0.15, 0.2) is 5.96 Å². The predicted molar refractivity (Wildman–Crippen MR) is 127 cm³/mol. The standard InChI is InChI=1S/C21H25ClN4O.HI/c1-23-21(24-14-16-5-9-18(22)10-6-16)25-15-17-7-11-19(12-8-17)26-13-3-2-4-20(26)27;/h5-12H,2-4,13-15H2,1H3,(H2,23,24,25);1H. The summed E-state index contributed by atoms with van der Waals surface area (Å²) >= 11 is 5.91. The van der Waals surface area contributed by atoms with Crippen LogP contribution in [0.4, 0.5) is 5.69 Å². The molecule has 0 spiro atoms. The Morgan fingerprint density at radius 1 is 1.00 bits per heavy atom. The Hall–Kier alpha value is -1.80. The van der Waals surface area contributed by atoms with Crippen molar-refractivity contribution in [3.63, 3.8) is 0 Å². The zero-order chi connectivity index (χ0) is 19.1. The first-order chi connectivity index (χ1) is 13.2. The summed E-state index contributed by atoms with van der Waals surface area (Å²) in [6.45, 7) is 2.15. The largest absolute Gasteiger partial charge is 0.352 e. The number of nitrogens with zero attached hydrogens (tertiary/aromatic N) is 2. The van der Waals surface area contributed by atoms with E-state index in [0.29, 0.717) is 19.5 Å². The Balaban J connectivity index is 0.00000280. The van der Waals surface area contributed by atoms with Crippen molar-refractivity contribution in [1.82, 2.24) is 10.6 Å². The molecule has 2 aromatic rings. The van der Waals surface area contributed by atoms with Crippen LogP contribution in [0.1, 0.15) is 30.4 Å². The number of halogens is 2. The molecule has 5 nitrogen and oxygen atoms in total. The molecule has 1 aliphatic heterocycles. The average molecular weight is 513 g/mol. The highest BCUT2D eigenvalue weighted by Gasteiger charge is 2.19. The lowest BCUT2D eigenvalue weighted by molar-refractivity contribution is -0.119. The van der Waals surface area contributed by atoms with Gasteiger partial charge in [0.1, 0.15) is 0 Å². The fraction of sp³-hybridized carbons (Fsp3) is 0.333. The monoisotopic (exact) mass is 512 g/mol. The van der Waals surface area contributed by atoms with E-state index in [2.05, 4.69) is 27.8 Å². The average Bonchev–Trinajstić information content (AvgIpc) is 2.70. The van der Waals surface area contributed by atoms with E-state index < -0.39 is 0 Å². The van der Waals surface area contributed by atoms with Gasteiger partial charge in [0.05, 0.1) is 0 Å². The summed E-state index contributed by atoms with van der Waals surface area (Å²) in [5.74, 6) is 0.958. The van der Waals surface area contributed by atoms with Crippen molar-refractivity contribution >= 4 is 53.1 Å². The molecule has 0 saturated carbocycles. The molecule has 1 aliphatic rings. The number of guanidine groups is 1. The molecule has 1 amide bonds. The van der Waals surface area contributed by atoms with Crippen LogP contribution in [0.5, 0.6) is 0 Å². The third-order valence-electron chi connectivity index (χ3n) is 4.63. The molecule has 2 aromatic carbocycles. The minimum absolute atomic E-state index is 0. The number of aliphatic imine (C=N–C) groups is 1. The minimum atomic E-state index is 0. The second-order valence-electron chi connectivity index (χ2n) is 6.57. The van der Waals surface area contributed by atoms with Gasteiger partial charge in [-0.1, -0.05) is 35.9 Å². The first-order valence-corrected chi connectivity index (χ1v) is 9.62. The van der Waals surface area contributed by atoms with E-state index in [0.717, 1.165) is 47.2 Å². The van der Waals surface area contributed by atoms with Gasteiger partial charge in [0, 0.05) is 43.8 Å². The van der Waals surface area contributed by atoms with Crippen LogP contribution in [0, 0.1) is 0 Å². The van der Waals surface area contributed by atoms with E-state index in [-0.39, 0.29) is 29.9 Å². The Kier molecular flexibility index (Phi) is 9.05. The number of benzene rings is 2. The van der Waals surface area contributed by atoms with Gasteiger partial charge in [-0.3, -0.25) is 9.79 Å². The fourth-order valence-electron chi connectivity index (χ4n) is 3.07. The lowest BCUT2D eigenvalue weighted by Gasteiger charge is -2.26. The summed E-state index contributed by atoms with van der Waals surface area (Å²) in [6.07, 6.45) is 2.73. The van der Waals surface area contributed by atoms with Gasteiger partial charge in [0.2, 0.25) is 5.91 Å². The summed E-state index contributed by atoms with van der Waals surface area (Å²) in [7, 11) is 1.75. The van der Waals surface area contributed by atoms with Crippen LogP contribution in [0.2, 0.25) is 5.02 Å². The highest BCUT2D eigenvalue weighted by molar-refractivity contribution is 14.0. The quantitative estimate of drug-likeness (QED) is 0.356. The van der Waals surface area contributed by atoms with Crippen LogP contribution < -0.4 is 15.5 Å².